The van der Waals surface area contributed by atoms with Crippen LogP contribution in [0.25, 0.3) is 0 Å². The third-order valence-corrected chi connectivity index (χ3v) is 4.03. The van der Waals surface area contributed by atoms with E-state index in [1.54, 1.807) is 12.1 Å². The summed E-state index contributed by atoms with van der Waals surface area (Å²) in [6.07, 6.45) is 0. The van der Waals surface area contributed by atoms with Crippen LogP contribution < -0.4 is 10.5 Å². The van der Waals surface area contributed by atoms with E-state index in [0.717, 1.165) is 15.8 Å². The van der Waals surface area contributed by atoms with Gasteiger partial charge in [-0.15, -0.1) is 0 Å². The topological polar surface area (TPSA) is 35.2 Å². The molecule has 0 bridgehead atoms. The van der Waals surface area contributed by atoms with E-state index in [-0.39, 0.29) is 5.82 Å². The number of ether oxygens (including phenoxy) is 1. The second-order valence-electron chi connectivity index (χ2n) is 4.27. The summed E-state index contributed by atoms with van der Waals surface area (Å²) < 4.78 is 20.9. The van der Waals surface area contributed by atoms with Gasteiger partial charge < -0.3 is 10.5 Å². The molecule has 0 aliphatic rings. The Morgan fingerprint density at radius 1 is 1.20 bits per heavy atom. The summed E-state index contributed by atoms with van der Waals surface area (Å²) in [5, 5.41) is 0. The van der Waals surface area contributed by atoms with Gasteiger partial charge in [-0.1, -0.05) is 28.1 Å². The van der Waals surface area contributed by atoms with Crippen molar-refractivity contribution in [3.63, 3.8) is 0 Å². The number of hydrogen-bond acceptors (Lipinski definition) is 2. The normalized spacial score (nSPS) is 12.2. The highest BCUT2D eigenvalue weighted by Crippen LogP contribution is 2.31. The van der Waals surface area contributed by atoms with Crippen LogP contribution in [0.2, 0.25) is 0 Å². The summed E-state index contributed by atoms with van der Waals surface area (Å²) in [5.41, 5.74) is 7.43. The molecule has 2 aromatic carbocycles. The summed E-state index contributed by atoms with van der Waals surface area (Å²) in [4.78, 5) is 0. The van der Waals surface area contributed by atoms with Crippen LogP contribution in [-0.4, -0.2) is 6.61 Å². The lowest BCUT2D eigenvalue weighted by Crippen LogP contribution is -2.13. The van der Waals surface area contributed by atoms with Gasteiger partial charge >= 0.3 is 0 Å². The Hall–Kier alpha value is -0.910. The highest BCUT2D eigenvalue weighted by Gasteiger charge is 2.15. The molecule has 0 saturated carbocycles. The molecule has 0 aliphatic carbocycles. The van der Waals surface area contributed by atoms with Crippen LogP contribution in [0.5, 0.6) is 5.75 Å². The number of rotatable bonds is 4. The maximum absolute atomic E-state index is 13.9. The van der Waals surface area contributed by atoms with Crippen molar-refractivity contribution in [3.8, 4) is 5.75 Å². The van der Waals surface area contributed by atoms with Crippen molar-refractivity contribution < 1.29 is 9.13 Å². The fraction of sp³-hybridized carbons (Fsp3) is 0.200. The first-order valence-corrected chi connectivity index (χ1v) is 7.74. The van der Waals surface area contributed by atoms with Crippen LogP contribution in [0, 0.1) is 5.82 Å². The Morgan fingerprint density at radius 3 is 2.55 bits per heavy atom. The average Bonchev–Trinajstić information content (AvgIpc) is 2.40. The van der Waals surface area contributed by atoms with E-state index < -0.39 is 6.04 Å². The van der Waals surface area contributed by atoms with Crippen LogP contribution in [0.15, 0.2) is 45.3 Å². The maximum Gasteiger partial charge on any atom is 0.133 e. The first kappa shape index (κ1) is 15.5. The molecule has 2 aromatic rings. The van der Waals surface area contributed by atoms with E-state index in [1.165, 1.54) is 6.07 Å². The SMILES string of the molecule is CCOc1ccc(C(N)c2ccc(Br)cc2F)cc1Br. The van der Waals surface area contributed by atoms with E-state index in [4.69, 9.17) is 10.5 Å². The minimum atomic E-state index is -0.518. The lowest BCUT2D eigenvalue weighted by Gasteiger charge is -2.15. The largest absolute Gasteiger partial charge is 0.493 e. The standard InChI is InChI=1S/C15H14Br2FNO/c1-2-20-14-6-3-9(7-12(14)17)15(19)11-5-4-10(16)8-13(11)18/h3-8,15H,2,19H2,1H3. The van der Waals surface area contributed by atoms with Crippen molar-refractivity contribution in [1.29, 1.82) is 0 Å². The monoisotopic (exact) mass is 401 g/mol. The minimum Gasteiger partial charge on any atom is -0.493 e. The number of halogens is 3. The summed E-state index contributed by atoms with van der Waals surface area (Å²) in [6.45, 7) is 2.51. The molecule has 0 heterocycles. The summed E-state index contributed by atoms with van der Waals surface area (Å²) in [5.74, 6) is 0.427. The van der Waals surface area contributed by atoms with Gasteiger partial charge in [0.05, 0.1) is 17.1 Å². The molecule has 2 nitrogen and oxygen atoms in total. The third kappa shape index (κ3) is 3.40. The molecule has 106 valence electrons. The Bertz CT molecular complexity index is 619. The molecular formula is C15H14Br2FNO. The van der Waals surface area contributed by atoms with Crippen molar-refractivity contribution >= 4 is 31.9 Å². The van der Waals surface area contributed by atoms with Gasteiger partial charge in [0.1, 0.15) is 11.6 Å². The zero-order valence-electron chi connectivity index (χ0n) is 10.9. The Morgan fingerprint density at radius 2 is 1.95 bits per heavy atom. The zero-order chi connectivity index (χ0) is 14.7. The van der Waals surface area contributed by atoms with Crippen molar-refractivity contribution in [3.05, 3.63) is 62.3 Å². The van der Waals surface area contributed by atoms with Gasteiger partial charge in [0.15, 0.2) is 0 Å². The predicted molar refractivity (Wildman–Crippen MR) is 85.4 cm³/mol. The Kier molecular flexibility index (Phi) is 5.18. The highest BCUT2D eigenvalue weighted by atomic mass is 79.9. The van der Waals surface area contributed by atoms with E-state index in [1.807, 2.05) is 25.1 Å². The summed E-state index contributed by atoms with van der Waals surface area (Å²) >= 11 is 6.67. The number of benzene rings is 2. The molecule has 0 fully saturated rings. The fourth-order valence-electron chi connectivity index (χ4n) is 1.92. The molecule has 2 rings (SSSR count). The molecule has 2 N–H and O–H groups in total. The first-order chi connectivity index (χ1) is 9.52. The van der Waals surface area contributed by atoms with E-state index >= 15 is 0 Å². The van der Waals surface area contributed by atoms with Crippen molar-refractivity contribution in [2.75, 3.05) is 6.61 Å². The first-order valence-electron chi connectivity index (χ1n) is 6.15. The van der Waals surface area contributed by atoms with Gasteiger partial charge in [0.2, 0.25) is 0 Å². The van der Waals surface area contributed by atoms with Gasteiger partial charge in [-0.3, -0.25) is 0 Å². The minimum absolute atomic E-state index is 0.322. The van der Waals surface area contributed by atoms with Gasteiger partial charge in [0.25, 0.3) is 0 Å². The molecule has 0 spiro atoms. The molecule has 0 aliphatic heterocycles. The van der Waals surface area contributed by atoms with Gasteiger partial charge in [-0.25, -0.2) is 4.39 Å². The molecule has 0 aromatic heterocycles. The van der Waals surface area contributed by atoms with Crippen LogP contribution in [0.4, 0.5) is 4.39 Å². The van der Waals surface area contributed by atoms with Crippen molar-refractivity contribution in [1.82, 2.24) is 0 Å². The van der Waals surface area contributed by atoms with Crippen LogP contribution >= 0.6 is 31.9 Å². The van der Waals surface area contributed by atoms with E-state index in [9.17, 15) is 4.39 Å². The molecule has 1 unspecified atom stereocenters. The number of hydrogen-bond donors (Lipinski definition) is 1. The van der Waals surface area contributed by atoms with E-state index in [2.05, 4.69) is 31.9 Å². The Balaban J connectivity index is 2.33. The second-order valence-corrected chi connectivity index (χ2v) is 6.04. The van der Waals surface area contributed by atoms with Crippen LogP contribution in [0.1, 0.15) is 24.1 Å². The average molecular weight is 403 g/mol. The number of nitrogens with two attached hydrogens (primary N) is 1. The fourth-order valence-corrected chi connectivity index (χ4v) is 2.76. The van der Waals surface area contributed by atoms with Crippen LogP contribution in [-0.2, 0) is 0 Å². The van der Waals surface area contributed by atoms with Crippen molar-refractivity contribution in [2.24, 2.45) is 5.73 Å². The van der Waals surface area contributed by atoms with Gasteiger partial charge in [-0.05, 0) is 52.7 Å². The highest BCUT2D eigenvalue weighted by molar-refractivity contribution is 9.10. The third-order valence-electron chi connectivity index (χ3n) is 2.91. The molecule has 0 amide bonds. The lowest BCUT2D eigenvalue weighted by molar-refractivity contribution is 0.338. The molecule has 0 saturated heterocycles. The van der Waals surface area contributed by atoms with Gasteiger partial charge in [0, 0.05) is 10.0 Å². The molecule has 5 heteroatoms. The lowest BCUT2D eigenvalue weighted by atomic mass is 9.99. The summed E-state index contributed by atoms with van der Waals surface area (Å²) in [7, 11) is 0. The predicted octanol–water partition coefficient (Wildman–Crippen LogP) is 4.80. The summed E-state index contributed by atoms with van der Waals surface area (Å²) in [6, 6.07) is 9.91. The van der Waals surface area contributed by atoms with Crippen LogP contribution in [0.3, 0.4) is 0 Å². The Labute approximate surface area is 134 Å². The molecular weight excluding hydrogens is 389 g/mol. The molecule has 0 radical (unpaired) electrons. The van der Waals surface area contributed by atoms with Crippen molar-refractivity contribution in [2.45, 2.75) is 13.0 Å². The second kappa shape index (κ2) is 6.70. The maximum atomic E-state index is 13.9. The smallest absolute Gasteiger partial charge is 0.133 e. The molecule has 20 heavy (non-hydrogen) atoms. The zero-order valence-corrected chi connectivity index (χ0v) is 14.0. The quantitative estimate of drug-likeness (QED) is 0.797. The van der Waals surface area contributed by atoms with Gasteiger partial charge in [-0.2, -0.15) is 0 Å². The molecule has 1 atom stereocenters. The van der Waals surface area contributed by atoms with E-state index in [0.29, 0.717) is 16.6 Å².